The van der Waals surface area contributed by atoms with Gasteiger partial charge in [0.25, 0.3) is 0 Å². The zero-order valence-electron chi connectivity index (χ0n) is 11.7. The Kier molecular flexibility index (Phi) is 5.01. The predicted octanol–water partition coefficient (Wildman–Crippen LogP) is 1.27. The van der Waals surface area contributed by atoms with Gasteiger partial charge in [-0.2, -0.15) is 0 Å². The van der Waals surface area contributed by atoms with Gasteiger partial charge in [-0.1, -0.05) is 6.58 Å². The number of carbonyl (C=O) groups is 4. The lowest BCUT2D eigenvalue weighted by atomic mass is 9.95. The van der Waals surface area contributed by atoms with Gasteiger partial charge in [-0.25, -0.2) is 19.2 Å². The van der Waals surface area contributed by atoms with Crippen LogP contribution in [0.15, 0.2) is 18.7 Å². The molecule has 0 saturated heterocycles. The Morgan fingerprint density at radius 2 is 1.73 bits per heavy atom. The molecule has 0 spiro atoms. The van der Waals surface area contributed by atoms with E-state index in [0.717, 1.165) is 19.3 Å². The van der Waals surface area contributed by atoms with E-state index < -0.39 is 40.6 Å². The van der Waals surface area contributed by atoms with Gasteiger partial charge in [-0.15, -0.1) is 0 Å². The number of hydrogen-bond donors (Lipinski definition) is 2. The summed E-state index contributed by atoms with van der Waals surface area (Å²) in [6.07, 6.45) is 0.836. The lowest BCUT2D eigenvalue weighted by Gasteiger charge is -2.14. The summed E-state index contributed by atoms with van der Waals surface area (Å²) in [6.45, 7) is 4.49. The van der Waals surface area contributed by atoms with Gasteiger partial charge >= 0.3 is 23.9 Å². The molecular weight excluding hydrogens is 296 g/mol. The fraction of sp³-hybridized carbons (Fsp3) is 0.143. The van der Waals surface area contributed by atoms with Crippen LogP contribution in [-0.4, -0.2) is 41.2 Å². The highest BCUT2D eigenvalue weighted by Crippen LogP contribution is 2.30. The molecule has 0 radical (unpaired) electrons. The third kappa shape index (κ3) is 3.11. The average molecular weight is 308 g/mol. The van der Waals surface area contributed by atoms with Crippen molar-refractivity contribution in [2.75, 3.05) is 7.11 Å². The van der Waals surface area contributed by atoms with Crippen molar-refractivity contribution in [1.29, 1.82) is 0 Å². The number of ether oxygens (including phenoxy) is 2. The predicted molar refractivity (Wildman–Crippen MR) is 72.3 cm³/mol. The minimum Gasteiger partial charge on any atom is -0.478 e. The van der Waals surface area contributed by atoms with Gasteiger partial charge in [-0.05, 0) is 13.0 Å². The van der Waals surface area contributed by atoms with Crippen LogP contribution in [0, 0.1) is 6.92 Å². The third-order valence-corrected chi connectivity index (χ3v) is 2.75. The van der Waals surface area contributed by atoms with Crippen LogP contribution in [0.5, 0.6) is 5.75 Å². The van der Waals surface area contributed by atoms with Gasteiger partial charge in [0.15, 0.2) is 0 Å². The zero-order chi connectivity index (χ0) is 17.0. The van der Waals surface area contributed by atoms with E-state index in [1.807, 2.05) is 0 Å². The highest BCUT2D eigenvalue weighted by Gasteiger charge is 2.29. The summed E-state index contributed by atoms with van der Waals surface area (Å²) in [6, 6.07) is 0.856. The summed E-state index contributed by atoms with van der Waals surface area (Å²) in [4.78, 5) is 45.6. The lowest BCUT2D eigenvalue weighted by Crippen LogP contribution is -2.19. The SMILES string of the molecule is C=CC(=O)Oc1cc(C(=O)O)c(C(=O)O)c(C(=O)OC)c1C. The van der Waals surface area contributed by atoms with Crippen molar-refractivity contribution < 1.29 is 38.9 Å². The fourth-order valence-corrected chi connectivity index (χ4v) is 1.76. The second-order valence-electron chi connectivity index (χ2n) is 4.02. The molecule has 0 aromatic heterocycles. The lowest BCUT2D eigenvalue weighted by molar-refractivity contribution is -0.129. The molecule has 0 aliphatic heterocycles. The van der Waals surface area contributed by atoms with Crippen molar-refractivity contribution in [3.8, 4) is 5.75 Å². The number of methoxy groups -OCH3 is 1. The highest BCUT2D eigenvalue weighted by molar-refractivity contribution is 6.11. The second kappa shape index (κ2) is 6.53. The number of benzene rings is 1. The number of aromatic carboxylic acids is 2. The molecule has 0 bridgehead atoms. The van der Waals surface area contributed by atoms with Crippen molar-refractivity contribution in [3.63, 3.8) is 0 Å². The smallest absolute Gasteiger partial charge is 0.339 e. The Balaban J connectivity index is 3.78. The Hall–Kier alpha value is -3.16. The van der Waals surface area contributed by atoms with Crippen LogP contribution in [0.1, 0.15) is 36.6 Å². The van der Waals surface area contributed by atoms with Crippen molar-refractivity contribution in [3.05, 3.63) is 41.0 Å². The molecule has 0 atom stereocenters. The number of carboxylic acids is 2. The molecule has 8 heteroatoms. The molecule has 0 aliphatic rings. The molecule has 0 heterocycles. The molecule has 22 heavy (non-hydrogen) atoms. The van der Waals surface area contributed by atoms with Crippen LogP contribution >= 0.6 is 0 Å². The summed E-state index contributed by atoms with van der Waals surface area (Å²) in [5, 5.41) is 18.3. The highest BCUT2D eigenvalue weighted by atomic mass is 16.5. The maximum absolute atomic E-state index is 11.8. The summed E-state index contributed by atoms with van der Waals surface area (Å²) in [5.41, 5.74) is -1.98. The van der Waals surface area contributed by atoms with Crippen molar-refractivity contribution >= 4 is 23.9 Å². The topological polar surface area (TPSA) is 127 Å². The van der Waals surface area contributed by atoms with Crippen LogP contribution in [0.3, 0.4) is 0 Å². The molecule has 1 rings (SSSR count). The Bertz CT molecular complexity index is 687. The summed E-state index contributed by atoms with van der Waals surface area (Å²) >= 11 is 0. The van der Waals surface area contributed by atoms with Crippen LogP contribution in [0.4, 0.5) is 0 Å². The summed E-state index contributed by atoms with van der Waals surface area (Å²) < 4.78 is 9.31. The molecule has 0 saturated carbocycles. The van der Waals surface area contributed by atoms with E-state index in [-0.39, 0.29) is 11.3 Å². The van der Waals surface area contributed by atoms with Crippen LogP contribution in [-0.2, 0) is 9.53 Å². The number of carboxylic acid groups (broad SMARTS) is 2. The van der Waals surface area contributed by atoms with E-state index in [9.17, 15) is 24.3 Å². The molecule has 0 aliphatic carbocycles. The molecule has 0 amide bonds. The van der Waals surface area contributed by atoms with Crippen LogP contribution < -0.4 is 4.74 Å². The van der Waals surface area contributed by atoms with E-state index >= 15 is 0 Å². The first-order valence-corrected chi connectivity index (χ1v) is 5.81. The first-order valence-electron chi connectivity index (χ1n) is 5.81. The molecule has 0 unspecified atom stereocenters. The van der Waals surface area contributed by atoms with E-state index in [4.69, 9.17) is 9.84 Å². The van der Waals surface area contributed by atoms with Crippen molar-refractivity contribution in [1.82, 2.24) is 0 Å². The van der Waals surface area contributed by atoms with E-state index in [1.165, 1.54) is 6.92 Å². The monoisotopic (exact) mass is 308 g/mol. The standard InChI is InChI=1S/C14H12O8/c1-4-9(15)22-8-5-7(12(16)17)11(13(18)19)10(6(8)2)14(20)21-3/h4-5H,1H2,2-3H3,(H,16,17)(H,18,19). The van der Waals surface area contributed by atoms with E-state index in [0.29, 0.717) is 0 Å². The van der Waals surface area contributed by atoms with Gasteiger partial charge in [0.2, 0.25) is 0 Å². The summed E-state index contributed by atoms with van der Waals surface area (Å²) in [7, 11) is 1.01. The number of hydrogen-bond acceptors (Lipinski definition) is 6. The number of carbonyl (C=O) groups excluding carboxylic acids is 2. The fourth-order valence-electron chi connectivity index (χ4n) is 1.76. The number of esters is 2. The van der Waals surface area contributed by atoms with Gasteiger partial charge in [0.1, 0.15) is 5.75 Å². The molecule has 8 nitrogen and oxygen atoms in total. The van der Waals surface area contributed by atoms with Gasteiger partial charge < -0.3 is 19.7 Å². The molecule has 0 fully saturated rings. The van der Waals surface area contributed by atoms with Crippen LogP contribution in [0.2, 0.25) is 0 Å². The van der Waals surface area contributed by atoms with Gasteiger partial charge in [-0.3, -0.25) is 0 Å². The van der Waals surface area contributed by atoms with Crippen molar-refractivity contribution in [2.45, 2.75) is 6.92 Å². The maximum atomic E-state index is 11.8. The summed E-state index contributed by atoms with van der Waals surface area (Å²) in [5.74, 6) is -5.44. The minimum atomic E-state index is -1.62. The van der Waals surface area contributed by atoms with Gasteiger partial charge in [0, 0.05) is 11.6 Å². The molecular formula is C14H12O8. The molecule has 116 valence electrons. The minimum absolute atomic E-state index is 0.0375. The van der Waals surface area contributed by atoms with E-state index in [1.54, 1.807) is 0 Å². The second-order valence-corrected chi connectivity index (χ2v) is 4.02. The normalized spacial score (nSPS) is 9.73. The zero-order valence-corrected chi connectivity index (χ0v) is 11.7. The number of rotatable bonds is 5. The third-order valence-electron chi connectivity index (χ3n) is 2.75. The quantitative estimate of drug-likeness (QED) is 0.473. The average Bonchev–Trinajstić information content (AvgIpc) is 2.46. The first kappa shape index (κ1) is 16.9. The van der Waals surface area contributed by atoms with Gasteiger partial charge in [0.05, 0.1) is 23.8 Å². The van der Waals surface area contributed by atoms with E-state index in [2.05, 4.69) is 11.3 Å². The molecule has 2 N–H and O–H groups in total. The Labute approximate surface area is 124 Å². The maximum Gasteiger partial charge on any atom is 0.339 e. The van der Waals surface area contributed by atoms with Crippen LogP contribution in [0.25, 0.3) is 0 Å². The first-order chi connectivity index (χ1) is 10.2. The Morgan fingerprint density at radius 1 is 1.14 bits per heavy atom. The Morgan fingerprint density at radius 3 is 2.14 bits per heavy atom. The van der Waals surface area contributed by atoms with Crippen molar-refractivity contribution in [2.24, 2.45) is 0 Å². The molecule has 1 aromatic rings. The largest absolute Gasteiger partial charge is 0.478 e. The molecule has 1 aromatic carbocycles.